The molecule has 0 aliphatic carbocycles. The number of thiophene rings is 1. The van der Waals surface area contributed by atoms with Crippen LogP contribution in [0.2, 0.25) is 4.34 Å². The minimum atomic E-state index is -0.632. The normalized spacial score (nSPS) is 11.8. The molecular formula is C22H20ClN5O4S. The maximum absolute atomic E-state index is 13.1. The van der Waals surface area contributed by atoms with Gasteiger partial charge in [-0.25, -0.2) is 4.98 Å². The van der Waals surface area contributed by atoms with Gasteiger partial charge in [0, 0.05) is 19.7 Å². The lowest BCUT2D eigenvalue weighted by molar-refractivity contribution is 0.101. The van der Waals surface area contributed by atoms with Crippen molar-refractivity contribution in [2.45, 2.75) is 6.04 Å². The van der Waals surface area contributed by atoms with Crippen LogP contribution in [0.15, 0.2) is 63.6 Å². The van der Waals surface area contributed by atoms with Crippen molar-refractivity contribution >= 4 is 40.5 Å². The fourth-order valence-corrected chi connectivity index (χ4v) is 4.51. The van der Waals surface area contributed by atoms with Crippen LogP contribution in [0.25, 0.3) is 0 Å². The van der Waals surface area contributed by atoms with Crippen molar-refractivity contribution in [3.63, 3.8) is 0 Å². The van der Waals surface area contributed by atoms with E-state index in [0.717, 1.165) is 11.1 Å². The van der Waals surface area contributed by atoms with Crippen molar-refractivity contribution in [3.05, 3.63) is 85.7 Å². The van der Waals surface area contributed by atoms with Crippen molar-refractivity contribution in [2.24, 2.45) is 7.05 Å². The summed E-state index contributed by atoms with van der Waals surface area (Å²) in [4.78, 5) is 32.4. The zero-order chi connectivity index (χ0) is 23.5. The van der Waals surface area contributed by atoms with Crippen LogP contribution in [0.5, 0.6) is 5.75 Å². The molecule has 0 aliphatic rings. The highest BCUT2D eigenvalue weighted by molar-refractivity contribution is 7.14. The number of methoxy groups -OCH3 is 1. The van der Waals surface area contributed by atoms with Gasteiger partial charge in [-0.2, -0.15) is 0 Å². The Morgan fingerprint density at radius 3 is 2.67 bits per heavy atom. The molecule has 170 valence electrons. The van der Waals surface area contributed by atoms with Crippen LogP contribution in [0.4, 0.5) is 11.6 Å². The van der Waals surface area contributed by atoms with Gasteiger partial charge in [0.05, 0.1) is 23.7 Å². The number of carbonyl (C=O) groups is 1. The lowest BCUT2D eigenvalue weighted by atomic mass is 10.00. The summed E-state index contributed by atoms with van der Waals surface area (Å²) in [6.45, 7) is 0. The van der Waals surface area contributed by atoms with E-state index in [1.807, 2.05) is 41.8 Å². The van der Waals surface area contributed by atoms with E-state index >= 15 is 0 Å². The Balaban J connectivity index is 1.84. The number of nitrogens with zero attached hydrogens (tertiary/aromatic N) is 4. The number of carbonyl (C=O) groups excluding carboxylic acids is 1. The second-order valence-corrected chi connectivity index (χ2v) is 8.62. The molecule has 1 atom stereocenters. The SMILES string of the molecule is COc1c(C(=O)Nc2cnoc2)nc(N(C)C(c2ccccc2)c2ccsc2Cl)n(C)c1=O. The van der Waals surface area contributed by atoms with Gasteiger partial charge < -0.3 is 19.5 Å². The Labute approximate surface area is 198 Å². The first-order chi connectivity index (χ1) is 15.9. The summed E-state index contributed by atoms with van der Waals surface area (Å²) in [7, 11) is 4.68. The van der Waals surface area contributed by atoms with Gasteiger partial charge in [0.1, 0.15) is 12.0 Å². The number of amides is 1. The summed E-state index contributed by atoms with van der Waals surface area (Å²) >= 11 is 7.91. The quantitative estimate of drug-likeness (QED) is 0.422. The molecule has 4 rings (SSSR count). The molecule has 9 nitrogen and oxygen atoms in total. The summed E-state index contributed by atoms with van der Waals surface area (Å²) in [6.07, 6.45) is 2.60. The Bertz CT molecular complexity index is 1320. The van der Waals surface area contributed by atoms with Gasteiger partial charge in [0.25, 0.3) is 11.5 Å². The van der Waals surface area contributed by atoms with Crippen LogP contribution < -0.4 is 20.5 Å². The maximum Gasteiger partial charge on any atom is 0.297 e. The predicted molar refractivity (Wildman–Crippen MR) is 127 cm³/mol. The number of aromatic nitrogens is 3. The second kappa shape index (κ2) is 9.47. The van der Waals surface area contributed by atoms with E-state index in [2.05, 4.69) is 15.5 Å². The first-order valence-electron chi connectivity index (χ1n) is 9.78. The first kappa shape index (κ1) is 22.6. The number of nitrogens with one attached hydrogen (secondary N) is 1. The van der Waals surface area contributed by atoms with Gasteiger partial charge >= 0.3 is 0 Å². The van der Waals surface area contributed by atoms with Crippen LogP contribution in [0, 0.1) is 0 Å². The highest BCUT2D eigenvalue weighted by Gasteiger charge is 2.29. The van der Waals surface area contributed by atoms with Crippen LogP contribution in [0.1, 0.15) is 27.7 Å². The molecule has 0 saturated carbocycles. The van der Waals surface area contributed by atoms with Crippen molar-refractivity contribution in [3.8, 4) is 5.75 Å². The average Bonchev–Trinajstić information content (AvgIpc) is 3.48. The molecule has 11 heteroatoms. The Morgan fingerprint density at radius 1 is 1.30 bits per heavy atom. The number of halogens is 1. The number of hydrogen-bond acceptors (Lipinski definition) is 8. The zero-order valence-electron chi connectivity index (χ0n) is 18.0. The third kappa shape index (κ3) is 4.35. The molecule has 0 aliphatic heterocycles. The first-order valence-corrected chi connectivity index (χ1v) is 11.0. The van der Waals surface area contributed by atoms with Gasteiger partial charge in [-0.15, -0.1) is 11.3 Å². The molecule has 1 amide bonds. The largest absolute Gasteiger partial charge is 0.489 e. The third-order valence-corrected chi connectivity index (χ3v) is 6.29. The molecular weight excluding hydrogens is 466 g/mol. The van der Waals surface area contributed by atoms with Crippen LogP contribution in [-0.2, 0) is 7.05 Å². The van der Waals surface area contributed by atoms with Gasteiger partial charge in [-0.05, 0) is 17.0 Å². The predicted octanol–water partition coefficient (Wildman–Crippen LogP) is 3.97. The molecule has 0 radical (unpaired) electrons. The van der Waals surface area contributed by atoms with Crippen LogP contribution in [0.3, 0.4) is 0 Å². The monoisotopic (exact) mass is 485 g/mol. The third-order valence-electron chi connectivity index (χ3n) is 5.09. The van der Waals surface area contributed by atoms with Crippen LogP contribution in [-0.4, -0.2) is 34.8 Å². The molecule has 4 aromatic rings. The number of hydrogen-bond donors (Lipinski definition) is 1. The Morgan fingerprint density at radius 2 is 2.06 bits per heavy atom. The molecule has 0 saturated heterocycles. The van der Waals surface area contributed by atoms with Gasteiger partial charge in [-0.3, -0.25) is 14.2 Å². The minimum absolute atomic E-state index is 0.160. The number of rotatable bonds is 7. The van der Waals surface area contributed by atoms with Gasteiger partial charge in [0.15, 0.2) is 5.69 Å². The van der Waals surface area contributed by atoms with Crippen LogP contribution >= 0.6 is 22.9 Å². The lowest BCUT2D eigenvalue weighted by Crippen LogP contribution is -2.34. The molecule has 3 heterocycles. The standard InChI is InChI=1S/C22H20ClN5O4S/c1-27(17(13-7-5-4-6-8-13)15-9-10-33-19(15)23)22-26-16(18(31-3)21(30)28(22)2)20(29)25-14-11-24-32-12-14/h4-12,17H,1-3H3,(H,25,29). The van der Waals surface area contributed by atoms with E-state index in [-0.39, 0.29) is 23.4 Å². The zero-order valence-corrected chi connectivity index (χ0v) is 19.6. The molecule has 0 bridgehead atoms. The van der Waals surface area contributed by atoms with E-state index < -0.39 is 11.5 Å². The number of ether oxygens (including phenoxy) is 1. The molecule has 33 heavy (non-hydrogen) atoms. The fraction of sp³-hybridized carbons (Fsp3) is 0.182. The van der Waals surface area contributed by atoms with Crippen molar-refractivity contribution in [2.75, 3.05) is 24.4 Å². The van der Waals surface area contributed by atoms with Crippen molar-refractivity contribution in [1.29, 1.82) is 0 Å². The summed E-state index contributed by atoms with van der Waals surface area (Å²) in [5.74, 6) is -0.548. The van der Waals surface area contributed by atoms with Gasteiger partial charge in [-0.1, -0.05) is 47.1 Å². The highest BCUT2D eigenvalue weighted by atomic mass is 35.5. The summed E-state index contributed by atoms with van der Waals surface area (Å²) < 4.78 is 11.9. The van der Waals surface area contributed by atoms with Crippen molar-refractivity contribution in [1.82, 2.24) is 14.7 Å². The van der Waals surface area contributed by atoms with Crippen molar-refractivity contribution < 1.29 is 14.1 Å². The van der Waals surface area contributed by atoms with E-state index in [9.17, 15) is 9.59 Å². The summed E-state index contributed by atoms with van der Waals surface area (Å²) in [5.41, 5.74) is 1.46. The number of anilines is 2. The number of benzene rings is 1. The van der Waals surface area contributed by atoms with E-state index in [4.69, 9.17) is 20.9 Å². The second-order valence-electron chi connectivity index (χ2n) is 7.10. The fourth-order valence-electron chi connectivity index (χ4n) is 3.54. The average molecular weight is 486 g/mol. The Kier molecular flexibility index (Phi) is 6.47. The smallest absolute Gasteiger partial charge is 0.297 e. The summed E-state index contributed by atoms with van der Waals surface area (Å²) in [6, 6.07) is 11.3. The minimum Gasteiger partial charge on any atom is -0.489 e. The highest BCUT2D eigenvalue weighted by Crippen LogP contribution is 2.37. The topological polar surface area (TPSA) is 102 Å². The lowest BCUT2D eigenvalue weighted by Gasteiger charge is -2.31. The molecule has 0 fully saturated rings. The van der Waals surface area contributed by atoms with Gasteiger partial charge in [0.2, 0.25) is 11.7 Å². The van der Waals surface area contributed by atoms with E-state index in [1.165, 1.54) is 35.5 Å². The van der Waals surface area contributed by atoms with E-state index in [0.29, 0.717) is 10.0 Å². The summed E-state index contributed by atoms with van der Waals surface area (Å²) in [5, 5.41) is 8.06. The molecule has 3 aromatic heterocycles. The van der Waals surface area contributed by atoms with E-state index in [1.54, 1.807) is 19.0 Å². The Hall–Kier alpha value is -3.63. The maximum atomic E-state index is 13.1. The molecule has 1 N–H and O–H groups in total. The molecule has 1 unspecified atom stereocenters. The molecule has 1 aromatic carbocycles. The molecule has 0 spiro atoms.